The Balaban J connectivity index is 2.28. The van der Waals surface area contributed by atoms with Crippen molar-refractivity contribution >= 4 is 11.5 Å². The van der Waals surface area contributed by atoms with Crippen molar-refractivity contribution in [1.29, 1.82) is 0 Å². The van der Waals surface area contributed by atoms with Crippen molar-refractivity contribution in [2.24, 2.45) is 11.7 Å². The summed E-state index contributed by atoms with van der Waals surface area (Å²) in [6, 6.07) is 0.219. The van der Waals surface area contributed by atoms with Crippen molar-refractivity contribution in [2.45, 2.75) is 18.9 Å². The molecule has 1 fully saturated rings. The van der Waals surface area contributed by atoms with Crippen LogP contribution >= 0.6 is 0 Å². The molecule has 2 rings (SSSR count). The van der Waals surface area contributed by atoms with E-state index in [0.717, 1.165) is 0 Å². The van der Waals surface area contributed by atoms with E-state index >= 15 is 0 Å². The number of rotatable bonds is 4. The molecule has 1 aliphatic carbocycles. The van der Waals surface area contributed by atoms with Crippen LogP contribution in [-0.2, 0) is 0 Å². The molecular formula is C10H17N5O. The van der Waals surface area contributed by atoms with Crippen LogP contribution in [0.25, 0.3) is 0 Å². The van der Waals surface area contributed by atoms with Gasteiger partial charge in [-0.1, -0.05) is 0 Å². The Morgan fingerprint density at radius 2 is 2.38 bits per heavy atom. The number of hydrogen-bond donors (Lipinski definition) is 3. The Bertz CT molecular complexity index is 425. The zero-order chi connectivity index (χ0) is 11.7. The number of aromatic amines is 1. The van der Waals surface area contributed by atoms with Crippen LogP contribution in [0.3, 0.4) is 0 Å². The quantitative estimate of drug-likeness (QED) is 0.640. The average Bonchev–Trinajstić information content (AvgIpc) is 3.07. The van der Waals surface area contributed by atoms with Crippen molar-refractivity contribution in [1.82, 2.24) is 9.97 Å². The van der Waals surface area contributed by atoms with Crippen molar-refractivity contribution in [3.8, 4) is 0 Å². The number of nitrogens with two attached hydrogens (primary N) is 2. The van der Waals surface area contributed by atoms with E-state index in [4.69, 9.17) is 11.5 Å². The van der Waals surface area contributed by atoms with E-state index in [1.54, 1.807) is 0 Å². The summed E-state index contributed by atoms with van der Waals surface area (Å²) in [6.07, 6.45) is 3.75. The van der Waals surface area contributed by atoms with Crippen LogP contribution in [0.15, 0.2) is 11.1 Å². The van der Waals surface area contributed by atoms with E-state index in [1.165, 1.54) is 19.2 Å². The topological polar surface area (TPSA) is 101 Å². The summed E-state index contributed by atoms with van der Waals surface area (Å²) in [5.41, 5.74) is 11.3. The molecule has 5 N–H and O–H groups in total. The van der Waals surface area contributed by atoms with Gasteiger partial charge in [0.1, 0.15) is 5.69 Å². The lowest BCUT2D eigenvalue weighted by Crippen LogP contribution is -2.41. The number of nitrogen functional groups attached to an aromatic ring is 1. The van der Waals surface area contributed by atoms with Gasteiger partial charge in [-0.05, 0) is 18.8 Å². The molecule has 16 heavy (non-hydrogen) atoms. The molecule has 1 unspecified atom stereocenters. The number of aromatic nitrogens is 2. The van der Waals surface area contributed by atoms with E-state index < -0.39 is 0 Å². The molecule has 6 nitrogen and oxygen atoms in total. The molecule has 0 radical (unpaired) electrons. The molecule has 1 heterocycles. The smallest absolute Gasteiger partial charge is 0.276 e. The van der Waals surface area contributed by atoms with Gasteiger partial charge in [0.2, 0.25) is 0 Å². The van der Waals surface area contributed by atoms with E-state index in [9.17, 15) is 4.79 Å². The summed E-state index contributed by atoms with van der Waals surface area (Å²) in [6.45, 7) is 0.551. The molecule has 6 heteroatoms. The molecule has 88 valence electrons. The van der Waals surface area contributed by atoms with E-state index in [2.05, 4.69) is 9.97 Å². The Morgan fingerprint density at radius 3 is 2.94 bits per heavy atom. The number of nitrogens with zero attached hydrogens (tertiary/aromatic N) is 2. The number of H-pyrrole nitrogens is 1. The first-order valence-corrected chi connectivity index (χ1v) is 5.41. The van der Waals surface area contributed by atoms with Gasteiger partial charge in [0.15, 0.2) is 5.82 Å². The first-order chi connectivity index (χ1) is 7.65. The first kappa shape index (κ1) is 10.9. The minimum absolute atomic E-state index is 0.157. The lowest BCUT2D eigenvalue weighted by Gasteiger charge is -2.28. The number of anilines is 2. The standard InChI is InChI=1S/C10H17N5O/c1-15(7(4-11)6-2-3-6)9-8(12)10(16)14-5-13-9/h5-7H,2-4,11-12H2,1H3,(H,13,14,16). The monoisotopic (exact) mass is 223 g/mol. The second-order valence-electron chi connectivity index (χ2n) is 4.22. The summed E-state index contributed by atoms with van der Waals surface area (Å²) >= 11 is 0. The fourth-order valence-corrected chi connectivity index (χ4v) is 1.99. The highest BCUT2D eigenvalue weighted by Crippen LogP contribution is 2.36. The molecule has 0 saturated heterocycles. The van der Waals surface area contributed by atoms with Gasteiger partial charge in [0.05, 0.1) is 6.33 Å². The molecule has 0 amide bonds. The maximum absolute atomic E-state index is 11.4. The molecule has 1 atom stereocenters. The second kappa shape index (κ2) is 4.13. The minimum Gasteiger partial charge on any atom is -0.391 e. The molecule has 0 bridgehead atoms. The van der Waals surface area contributed by atoms with Gasteiger partial charge >= 0.3 is 0 Å². The average molecular weight is 223 g/mol. The molecule has 0 aromatic carbocycles. The Hall–Kier alpha value is -1.56. The van der Waals surface area contributed by atoms with Gasteiger partial charge in [-0.15, -0.1) is 0 Å². The molecule has 0 aliphatic heterocycles. The van der Waals surface area contributed by atoms with E-state index in [1.807, 2.05) is 11.9 Å². The molecule has 1 aliphatic rings. The molecular weight excluding hydrogens is 206 g/mol. The molecule has 1 aromatic rings. The largest absolute Gasteiger partial charge is 0.391 e. The van der Waals surface area contributed by atoms with Crippen molar-refractivity contribution < 1.29 is 0 Å². The zero-order valence-corrected chi connectivity index (χ0v) is 9.31. The molecule has 0 spiro atoms. The van der Waals surface area contributed by atoms with E-state index in [0.29, 0.717) is 18.3 Å². The maximum atomic E-state index is 11.4. The van der Waals surface area contributed by atoms with Crippen LogP contribution in [0.2, 0.25) is 0 Å². The third kappa shape index (κ3) is 1.88. The fraction of sp³-hybridized carbons (Fsp3) is 0.600. The summed E-state index contributed by atoms with van der Waals surface area (Å²) in [5, 5.41) is 0. The minimum atomic E-state index is -0.302. The Kier molecular flexibility index (Phi) is 2.82. The van der Waals surface area contributed by atoms with Crippen LogP contribution in [0.4, 0.5) is 11.5 Å². The highest BCUT2D eigenvalue weighted by Gasteiger charge is 2.34. The first-order valence-electron chi connectivity index (χ1n) is 5.41. The third-order valence-corrected chi connectivity index (χ3v) is 3.11. The predicted molar refractivity (Wildman–Crippen MR) is 63.2 cm³/mol. The summed E-state index contributed by atoms with van der Waals surface area (Å²) in [4.78, 5) is 19.8. The van der Waals surface area contributed by atoms with Gasteiger partial charge in [-0.3, -0.25) is 4.79 Å². The Labute approximate surface area is 93.7 Å². The second-order valence-corrected chi connectivity index (χ2v) is 4.22. The maximum Gasteiger partial charge on any atom is 0.276 e. The van der Waals surface area contributed by atoms with Crippen molar-refractivity contribution in [2.75, 3.05) is 24.2 Å². The normalized spacial score (nSPS) is 17.1. The SMILES string of the molecule is CN(c1nc[nH]c(=O)c1N)C(CN)C1CC1. The van der Waals surface area contributed by atoms with Crippen LogP contribution in [-0.4, -0.2) is 29.6 Å². The van der Waals surface area contributed by atoms with E-state index in [-0.39, 0.29) is 17.3 Å². The highest BCUT2D eigenvalue weighted by atomic mass is 16.1. The van der Waals surface area contributed by atoms with Crippen molar-refractivity contribution in [3.05, 3.63) is 16.7 Å². The van der Waals surface area contributed by atoms with Crippen LogP contribution in [0.1, 0.15) is 12.8 Å². The fourth-order valence-electron chi connectivity index (χ4n) is 1.99. The van der Waals surface area contributed by atoms with Gasteiger partial charge in [0, 0.05) is 19.6 Å². The van der Waals surface area contributed by atoms with Crippen LogP contribution < -0.4 is 21.9 Å². The van der Waals surface area contributed by atoms with Gasteiger partial charge in [0.25, 0.3) is 5.56 Å². The van der Waals surface area contributed by atoms with Gasteiger partial charge < -0.3 is 21.4 Å². The highest BCUT2D eigenvalue weighted by molar-refractivity contribution is 5.61. The summed E-state index contributed by atoms with van der Waals surface area (Å²) in [7, 11) is 1.88. The van der Waals surface area contributed by atoms with Crippen LogP contribution in [0, 0.1) is 5.92 Å². The number of nitrogens with one attached hydrogen (secondary N) is 1. The molecule has 1 aromatic heterocycles. The van der Waals surface area contributed by atoms with Gasteiger partial charge in [-0.2, -0.15) is 0 Å². The third-order valence-electron chi connectivity index (χ3n) is 3.11. The summed E-state index contributed by atoms with van der Waals surface area (Å²) < 4.78 is 0. The summed E-state index contributed by atoms with van der Waals surface area (Å²) in [5.74, 6) is 1.13. The van der Waals surface area contributed by atoms with Gasteiger partial charge in [-0.25, -0.2) is 4.98 Å². The lowest BCUT2D eigenvalue weighted by molar-refractivity contribution is 0.566. The molecule has 1 saturated carbocycles. The number of hydrogen-bond acceptors (Lipinski definition) is 5. The van der Waals surface area contributed by atoms with Crippen LogP contribution in [0.5, 0.6) is 0 Å². The Morgan fingerprint density at radius 1 is 1.69 bits per heavy atom. The zero-order valence-electron chi connectivity index (χ0n) is 9.31. The predicted octanol–water partition coefficient (Wildman–Crippen LogP) is -0.474. The van der Waals surface area contributed by atoms with Crippen molar-refractivity contribution in [3.63, 3.8) is 0 Å². The lowest BCUT2D eigenvalue weighted by atomic mass is 10.1. The number of likely N-dealkylation sites (N-methyl/N-ethyl adjacent to an activating group) is 1.